The number of carbonyl (C=O) groups is 1. The van der Waals surface area contributed by atoms with Crippen LogP contribution in [-0.4, -0.2) is 23.4 Å². The summed E-state index contributed by atoms with van der Waals surface area (Å²) in [7, 11) is 0. The number of aromatic nitrogens is 1. The summed E-state index contributed by atoms with van der Waals surface area (Å²) in [5.41, 5.74) is 4.45. The molecule has 4 aromatic rings. The number of H-pyrrole nitrogens is 1. The van der Waals surface area contributed by atoms with Gasteiger partial charge in [-0.1, -0.05) is 48.9 Å². The highest BCUT2D eigenvalue weighted by Crippen LogP contribution is 2.19. The number of nitrogens with zero attached hydrogens (tertiary/aromatic N) is 1. The summed E-state index contributed by atoms with van der Waals surface area (Å²) in [6.45, 7) is 2.54. The maximum absolute atomic E-state index is 13.5. The lowest BCUT2D eigenvalue weighted by Gasteiger charge is -2.13. The second kappa shape index (κ2) is 10.3. The molecule has 0 aliphatic carbocycles. The number of anilines is 1. The largest absolute Gasteiger partial charge is 0.361 e. The average Bonchev–Trinajstić information content (AvgIpc) is 3.24. The second-order valence-electron chi connectivity index (χ2n) is 7.60. The van der Waals surface area contributed by atoms with Crippen LogP contribution in [0.15, 0.2) is 77.9 Å². The Hall–Kier alpha value is -3.64. The maximum atomic E-state index is 13.5. The molecule has 0 fully saturated rings. The molecule has 0 aliphatic rings. The lowest BCUT2D eigenvalue weighted by Crippen LogP contribution is -2.36. The third-order valence-electron chi connectivity index (χ3n) is 5.34. The van der Waals surface area contributed by atoms with Crippen LogP contribution in [0.2, 0.25) is 5.02 Å². The Morgan fingerprint density at radius 3 is 2.76 bits per heavy atom. The normalized spacial score (nSPS) is 11.5. The Kier molecular flexibility index (Phi) is 7.05. The van der Waals surface area contributed by atoms with Crippen LogP contribution in [-0.2, 0) is 12.8 Å². The third kappa shape index (κ3) is 5.59. The molecule has 33 heavy (non-hydrogen) atoms. The van der Waals surface area contributed by atoms with Crippen molar-refractivity contribution in [1.82, 2.24) is 10.3 Å². The molecule has 4 rings (SSSR count). The number of aromatic amines is 1. The predicted molar refractivity (Wildman–Crippen MR) is 133 cm³/mol. The lowest BCUT2D eigenvalue weighted by molar-refractivity contribution is 0.0977. The fourth-order valence-corrected chi connectivity index (χ4v) is 3.74. The van der Waals surface area contributed by atoms with E-state index >= 15 is 0 Å². The summed E-state index contributed by atoms with van der Waals surface area (Å²) in [6.07, 6.45) is 3.57. The van der Waals surface area contributed by atoms with Gasteiger partial charge in [0.1, 0.15) is 5.82 Å². The van der Waals surface area contributed by atoms with Crippen molar-refractivity contribution in [1.29, 1.82) is 0 Å². The number of hydrogen-bond donors (Lipinski definition) is 3. The van der Waals surface area contributed by atoms with Crippen molar-refractivity contribution >= 4 is 40.1 Å². The van der Waals surface area contributed by atoms with E-state index in [1.165, 1.54) is 18.2 Å². The zero-order valence-electron chi connectivity index (χ0n) is 18.2. The molecule has 1 aromatic heterocycles. The van der Waals surface area contributed by atoms with Crippen LogP contribution in [0.4, 0.5) is 10.1 Å². The molecule has 0 atom stereocenters. The van der Waals surface area contributed by atoms with Gasteiger partial charge in [-0.3, -0.25) is 15.1 Å². The fourth-order valence-electron chi connectivity index (χ4n) is 3.56. The number of fused-ring (bicyclic) bond motifs is 1. The molecule has 0 spiro atoms. The molecule has 1 heterocycles. The van der Waals surface area contributed by atoms with E-state index in [0.29, 0.717) is 18.9 Å². The molecular formula is C26H24ClFN4O. The van der Waals surface area contributed by atoms with Crippen molar-refractivity contribution < 1.29 is 9.18 Å². The van der Waals surface area contributed by atoms with E-state index in [9.17, 15) is 9.18 Å². The van der Waals surface area contributed by atoms with Crippen LogP contribution in [0.25, 0.3) is 10.9 Å². The first kappa shape index (κ1) is 22.6. The van der Waals surface area contributed by atoms with Crippen molar-refractivity contribution in [2.45, 2.75) is 19.8 Å². The smallest absolute Gasteiger partial charge is 0.258 e. The van der Waals surface area contributed by atoms with E-state index in [-0.39, 0.29) is 10.6 Å². The van der Waals surface area contributed by atoms with E-state index in [2.05, 4.69) is 33.6 Å². The van der Waals surface area contributed by atoms with Crippen molar-refractivity contribution in [3.05, 3.63) is 100 Å². The number of carbonyl (C=O) groups excluding carboxylic acids is 1. The van der Waals surface area contributed by atoms with Crippen molar-refractivity contribution in [3.63, 3.8) is 0 Å². The summed E-state index contributed by atoms with van der Waals surface area (Å²) < 4.78 is 13.5. The van der Waals surface area contributed by atoms with Crippen molar-refractivity contribution in [2.24, 2.45) is 4.99 Å². The minimum Gasteiger partial charge on any atom is -0.361 e. The summed E-state index contributed by atoms with van der Waals surface area (Å²) in [4.78, 5) is 20.7. The first-order chi connectivity index (χ1) is 16.0. The number of halogens is 2. The summed E-state index contributed by atoms with van der Waals surface area (Å²) in [5.74, 6) is -0.689. The highest BCUT2D eigenvalue weighted by molar-refractivity contribution is 6.31. The molecule has 7 heteroatoms. The molecule has 0 radical (unpaired) electrons. The monoisotopic (exact) mass is 462 g/mol. The number of aliphatic imine (C=N–C) groups is 1. The van der Waals surface area contributed by atoms with Crippen molar-refractivity contribution in [3.8, 4) is 0 Å². The van der Waals surface area contributed by atoms with E-state index in [1.54, 1.807) is 0 Å². The van der Waals surface area contributed by atoms with Gasteiger partial charge >= 0.3 is 0 Å². The van der Waals surface area contributed by atoms with Gasteiger partial charge in [-0.05, 0) is 60.4 Å². The Balaban J connectivity index is 1.54. The predicted octanol–water partition coefficient (Wildman–Crippen LogP) is 5.96. The number of amides is 1. The molecule has 0 aliphatic heterocycles. The van der Waals surface area contributed by atoms with Gasteiger partial charge < -0.3 is 10.3 Å². The van der Waals surface area contributed by atoms with Gasteiger partial charge in [0.25, 0.3) is 5.91 Å². The fraction of sp³-hybridized carbons (Fsp3) is 0.154. The standard InChI is InChI=1S/C26H24ClFN4O/c1-2-17-6-5-7-20(14-17)31-26(32-25(33)18-10-11-23(28)22(27)15-18)29-13-12-19-16-30-24-9-4-3-8-21(19)24/h3-11,14-16,30H,2,12-13H2,1H3,(H2,29,31,32,33). The molecule has 0 bridgehead atoms. The van der Waals surface area contributed by atoms with Crippen LogP contribution in [0.3, 0.4) is 0 Å². The van der Waals surface area contributed by atoms with Crippen LogP contribution >= 0.6 is 11.6 Å². The molecule has 3 aromatic carbocycles. The Morgan fingerprint density at radius 2 is 1.94 bits per heavy atom. The second-order valence-corrected chi connectivity index (χ2v) is 8.01. The molecule has 0 saturated heterocycles. The summed E-state index contributed by atoms with van der Waals surface area (Å²) >= 11 is 5.84. The number of para-hydroxylation sites is 1. The summed E-state index contributed by atoms with van der Waals surface area (Å²) in [6, 6.07) is 19.9. The minimum absolute atomic E-state index is 0.107. The Labute approximate surface area is 196 Å². The van der Waals surface area contributed by atoms with Gasteiger partial charge in [0.15, 0.2) is 0 Å². The maximum Gasteiger partial charge on any atom is 0.258 e. The van der Waals surface area contributed by atoms with E-state index in [4.69, 9.17) is 11.6 Å². The van der Waals surface area contributed by atoms with Crippen LogP contribution < -0.4 is 10.6 Å². The number of rotatable bonds is 6. The van der Waals surface area contributed by atoms with E-state index in [0.717, 1.165) is 34.1 Å². The summed E-state index contributed by atoms with van der Waals surface area (Å²) in [5, 5.41) is 7.04. The Morgan fingerprint density at radius 1 is 1.09 bits per heavy atom. The molecule has 168 valence electrons. The van der Waals surface area contributed by atoms with E-state index < -0.39 is 11.7 Å². The topological polar surface area (TPSA) is 69.3 Å². The number of benzene rings is 3. The van der Waals surface area contributed by atoms with Crippen LogP contribution in [0, 0.1) is 5.82 Å². The first-order valence-electron chi connectivity index (χ1n) is 10.8. The highest BCUT2D eigenvalue weighted by Gasteiger charge is 2.12. The van der Waals surface area contributed by atoms with Gasteiger partial charge in [-0.2, -0.15) is 0 Å². The quantitative estimate of drug-likeness (QED) is 0.244. The molecule has 0 unspecified atom stereocenters. The average molecular weight is 463 g/mol. The molecule has 1 amide bonds. The third-order valence-corrected chi connectivity index (χ3v) is 5.63. The first-order valence-corrected chi connectivity index (χ1v) is 11.1. The van der Waals surface area contributed by atoms with Gasteiger partial charge in [0, 0.05) is 34.9 Å². The molecule has 5 nitrogen and oxygen atoms in total. The van der Waals surface area contributed by atoms with Crippen molar-refractivity contribution in [2.75, 3.05) is 11.9 Å². The molecular weight excluding hydrogens is 439 g/mol. The molecule has 0 saturated carbocycles. The number of guanidine groups is 1. The highest BCUT2D eigenvalue weighted by atomic mass is 35.5. The van der Waals surface area contributed by atoms with Crippen LogP contribution in [0.1, 0.15) is 28.4 Å². The van der Waals surface area contributed by atoms with Gasteiger partial charge in [0.2, 0.25) is 5.96 Å². The van der Waals surface area contributed by atoms with Gasteiger partial charge in [0.05, 0.1) is 5.02 Å². The van der Waals surface area contributed by atoms with E-state index in [1.807, 2.05) is 48.7 Å². The minimum atomic E-state index is -0.574. The van der Waals surface area contributed by atoms with Crippen LogP contribution in [0.5, 0.6) is 0 Å². The number of nitrogens with one attached hydrogen (secondary N) is 3. The van der Waals surface area contributed by atoms with Gasteiger partial charge in [-0.15, -0.1) is 0 Å². The Bertz CT molecular complexity index is 1310. The molecule has 3 N–H and O–H groups in total. The zero-order chi connectivity index (χ0) is 23.2. The number of aryl methyl sites for hydroxylation is 1. The zero-order valence-corrected chi connectivity index (χ0v) is 18.9. The van der Waals surface area contributed by atoms with Gasteiger partial charge in [-0.25, -0.2) is 4.39 Å². The SMILES string of the molecule is CCc1cccc(NC(=NCCc2c[nH]c3ccccc23)NC(=O)c2ccc(F)c(Cl)c2)c1. The lowest BCUT2D eigenvalue weighted by atomic mass is 10.1. The number of hydrogen-bond acceptors (Lipinski definition) is 2.